The van der Waals surface area contributed by atoms with Gasteiger partial charge in [-0.2, -0.15) is 0 Å². The van der Waals surface area contributed by atoms with Crippen LogP contribution in [0.4, 0.5) is 5.69 Å². The number of nitrogens with one attached hydrogen (secondary N) is 1. The third-order valence-corrected chi connectivity index (χ3v) is 5.30. The van der Waals surface area contributed by atoms with Crippen molar-refractivity contribution in [1.82, 2.24) is 4.98 Å². The molecule has 158 valence electrons. The summed E-state index contributed by atoms with van der Waals surface area (Å²) in [6.07, 6.45) is 2.81. The number of benzene rings is 3. The first-order chi connectivity index (χ1) is 15.5. The summed E-state index contributed by atoms with van der Waals surface area (Å²) in [6.45, 7) is 0. The lowest BCUT2D eigenvalue weighted by molar-refractivity contribution is -0.134. The van der Waals surface area contributed by atoms with E-state index < -0.39 is 11.7 Å². The highest BCUT2D eigenvalue weighted by Gasteiger charge is 2.20. The molecule has 1 amide bonds. The molecule has 1 N–H and O–H groups in total. The van der Waals surface area contributed by atoms with Crippen molar-refractivity contribution in [2.75, 3.05) is 5.32 Å². The smallest absolute Gasteiger partial charge is 0.292 e. The number of carbonyl (C=O) groups excluding carboxylic acids is 3. The largest absolute Gasteiger partial charge is 0.451 e. The number of hydrogen-bond acceptors (Lipinski definition) is 5. The quantitative estimate of drug-likeness (QED) is 0.289. The zero-order valence-corrected chi connectivity index (χ0v) is 18.3. The van der Waals surface area contributed by atoms with Crippen molar-refractivity contribution in [2.45, 2.75) is 6.42 Å². The zero-order valence-electron chi connectivity index (χ0n) is 16.7. The average Bonchev–Trinajstić information content (AvgIpc) is 3.36. The Morgan fingerprint density at radius 1 is 0.938 bits per heavy atom. The number of anilines is 1. The van der Waals surface area contributed by atoms with E-state index in [4.69, 9.17) is 4.42 Å². The van der Waals surface area contributed by atoms with E-state index in [0.717, 1.165) is 5.56 Å². The minimum atomic E-state index is -0.782. The van der Waals surface area contributed by atoms with E-state index in [1.54, 1.807) is 54.6 Å². The second-order valence-electron chi connectivity index (χ2n) is 7.01. The lowest BCUT2D eigenvalue weighted by atomic mass is 10.0. The van der Waals surface area contributed by atoms with Gasteiger partial charge in [-0.15, -0.1) is 0 Å². The Balaban J connectivity index is 1.48. The van der Waals surface area contributed by atoms with Crippen LogP contribution < -0.4 is 5.32 Å². The number of halogens is 1. The van der Waals surface area contributed by atoms with E-state index in [1.807, 2.05) is 18.2 Å². The maximum atomic E-state index is 12.9. The van der Waals surface area contributed by atoms with Crippen LogP contribution in [0.15, 0.2) is 94.3 Å². The Kier molecular flexibility index (Phi) is 6.37. The van der Waals surface area contributed by atoms with Crippen molar-refractivity contribution in [2.24, 2.45) is 0 Å². The van der Waals surface area contributed by atoms with Crippen LogP contribution in [0, 0.1) is 0 Å². The maximum Gasteiger partial charge on any atom is 0.292 e. The van der Waals surface area contributed by atoms with E-state index in [2.05, 4.69) is 26.2 Å². The van der Waals surface area contributed by atoms with Crippen LogP contribution in [0.25, 0.3) is 11.3 Å². The van der Waals surface area contributed by atoms with Crippen LogP contribution in [0.2, 0.25) is 0 Å². The van der Waals surface area contributed by atoms with Crippen LogP contribution in [0.3, 0.4) is 0 Å². The van der Waals surface area contributed by atoms with E-state index in [-0.39, 0.29) is 17.9 Å². The average molecular weight is 489 g/mol. The van der Waals surface area contributed by atoms with Crippen molar-refractivity contribution in [1.29, 1.82) is 0 Å². The van der Waals surface area contributed by atoms with E-state index in [9.17, 15) is 14.4 Å². The Hall–Kier alpha value is -3.84. The Bertz CT molecular complexity index is 1270. The molecule has 0 saturated carbocycles. The summed E-state index contributed by atoms with van der Waals surface area (Å²) in [7, 11) is 0. The molecule has 0 fully saturated rings. The topological polar surface area (TPSA) is 89.3 Å². The molecule has 6 nitrogen and oxygen atoms in total. The second kappa shape index (κ2) is 9.53. The fraction of sp³-hybridized carbons (Fsp3) is 0.0400. The van der Waals surface area contributed by atoms with Crippen molar-refractivity contribution in [3.05, 3.63) is 107 Å². The van der Waals surface area contributed by atoms with Crippen molar-refractivity contribution >= 4 is 39.1 Å². The fourth-order valence-corrected chi connectivity index (χ4v) is 3.53. The van der Waals surface area contributed by atoms with Crippen LogP contribution in [0.1, 0.15) is 21.5 Å². The van der Waals surface area contributed by atoms with Gasteiger partial charge in [0.1, 0.15) is 12.0 Å². The van der Waals surface area contributed by atoms with Gasteiger partial charge < -0.3 is 9.73 Å². The highest BCUT2D eigenvalue weighted by molar-refractivity contribution is 9.10. The van der Waals surface area contributed by atoms with Gasteiger partial charge in [0.2, 0.25) is 5.78 Å². The molecular weight excluding hydrogens is 472 g/mol. The van der Waals surface area contributed by atoms with Gasteiger partial charge in [0, 0.05) is 27.6 Å². The van der Waals surface area contributed by atoms with Gasteiger partial charge in [-0.05, 0) is 23.8 Å². The molecule has 1 aromatic heterocycles. The molecule has 1 heterocycles. The van der Waals surface area contributed by atoms with Gasteiger partial charge in [0.15, 0.2) is 12.2 Å². The highest BCUT2D eigenvalue weighted by atomic mass is 79.9. The van der Waals surface area contributed by atoms with E-state index in [0.29, 0.717) is 26.9 Å². The standard InChI is InChI=1S/C25H17BrN2O4/c26-19-10-11-21(20(13-19)24(30)18-4-2-1-3-5-18)28-25(31)23(29)12-16-6-8-17(9-7-16)22-14-32-15-27-22/h1-11,13-15H,12H2,(H,28,31). The number of rotatable bonds is 7. The number of Topliss-reactive ketones (excluding diaryl/α,β-unsaturated/α-hetero) is 1. The Morgan fingerprint density at radius 3 is 2.38 bits per heavy atom. The summed E-state index contributed by atoms with van der Waals surface area (Å²) in [4.78, 5) is 42.1. The molecule has 0 radical (unpaired) electrons. The van der Waals surface area contributed by atoms with Crippen molar-refractivity contribution in [3.63, 3.8) is 0 Å². The number of aromatic nitrogens is 1. The molecule has 0 aliphatic carbocycles. The molecule has 32 heavy (non-hydrogen) atoms. The van der Waals surface area contributed by atoms with Gasteiger partial charge in [0.05, 0.1) is 5.69 Å². The fourth-order valence-electron chi connectivity index (χ4n) is 3.16. The highest BCUT2D eigenvalue weighted by Crippen LogP contribution is 2.24. The van der Waals surface area contributed by atoms with Gasteiger partial charge in [0.25, 0.3) is 5.91 Å². The lowest BCUT2D eigenvalue weighted by Gasteiger charge is -2.11. The molecule has 0 unspecified atom stereocenters. The number of ketones is 2. The number of oxazole rings is 1. The SMILES string of the molecule is O=C(Cc1ccc(-c2cocn2)cc1)C(=O)Nc1ccc(Br)cc1C(=O)c1ccccc1. The third-order valence-electron chi connectivity index (χ3n) is 4.81. The summed E-state index contributed by atoms with van der Waals surface area (Å²) in [6, 6.07) is 20.8. The molecule has 7 heteroatoms. The normalized spacial score (nSPS) is 10.5. The molecule has 4 aromatic rings. The minimum Gasteiger partial charge on any atom is -0.451 e. The minimum absolute atomic E-state index is 0.0660. The van der Waals surface area contributed by atoms with Crippen LogP contribution >= 0.6 is 15.9 Å². The number of carbonyl (C=O) groups is 3. The first-order valence-electron chi connectivity index (χ1n) is 9.72. The summed E-state index contributed by atoms with van der Waals surface area (Å²) < 4.78 is 5.66. The monoisotopic (exact) mass is 488 g/mol. The molecule has 3 aromatic carbocycles. The van der Waals surface area contributed by atoms with Crippen LogP contribution in [-0.2, 0) is 16.0 Å². The maximum absolute atomic E-state index is 12.9. The molecule has 0 bridgehead atoms. The van der Waals surface area contributed by atoms with E-state index >= 15 is 0 Å². The predicted molar refractivity (Wildman–Crippen MR) is 123 cm³/mol. The Morgan fingerprint density at radius 2 is 1.69 bits per heavy atom. The van der Waals surface area contributed by atoms with Crippen LogP contribution in [-0.4, -0.2) is 22.5 Å². The van der Waals surface area contributed by atoms with Gasteiger partial charge >= 0.3 is 0 Å². The second-order valence-corrected chi connectivity index (χ2v) is 7.93. The molecule has 4 rings (SSSR count). The summed E-state index contributed by atoms with van der Waals surface area (Å²) in [5.74, 6) is -1.65. The zero-order chi connectivity index (χ0) is 22.5. The number of hydrogen-bond donors (Lipinski definition) is 1. The summed E-state index contributed by atoms with van der Waals surface area (Å²) in [5.41, 5.74) is 3.28. The first kappa shape index (κ1) is 21.4. The van der Waals surface area contributed by atoms with Crippen molar-refractivity contribution < 1.29 is 18.8 Å². The predicted octanol–water partition coefficient (Wildman–Crippen LogP) is 5.09. The molecule has 0 aliphatic heterocycles. The number of amides is 1. The van der Waals surface area contributed by atoms with Crippen LogP contribution in [0.5, 0.6) is 0 Å². The van der Waals surface area contributed by atoms with Gasteiger partial charge in [-0.3, -0.25) is 14.4 Å². The molecule has 0 atom stereocenters. The van der Waals surface area contributed by atoms with Gasteiger partial charge in [-0.1, -0.05) is 70.5 Å². The molecule has 0 spiro atoms. The lowest BCUT2D eigenvalue weighted by Crippen LogP contribution is -2.25. The van der Waals surface area contributed by atoms with Gasteiger partial charge in [-0.25, -0.2) is 4.98 Å². The third kappa shape index (κ3) is 4.90. The first-order valence-corrected chi connectivity index (χ1v) is 10.5. The number of nitrogens with zero attached hydrogens (tertiary/aromatic N) is 1. The van der Waals surface area contributed by atoms with Crippen molar-refractivity contribution in [3.8, 4) is 11.3 Å². The summed E-state index contributed by atoms with van der Waals surface area (Å²) in [5, 5.41) is 2.59. The Labute approximate surface area is 192 Å². The summed E-state index contributed by atoms with van der Waals surface area (Å²) >= 11 is 3.35. The van der Waals surface area contributed by atoms with E-state index in [1.165, 1.54) is 12.7 Å². The molecular formula is C25H17BrN2O4. The molecule has 0 saturated heterocycles. The molecule has 0 aliphatic rings.